The third-order valence-electron chi connectivity index (χ3n) is 5.29. The molecule has 1 amide bonds. The van der Waals surface area contributed by atoms with Crippen LogP contribution in [0.4, 0.5) is 19.0 Å². The number of rotatable bonds is 5. The normalized spacial score (nSPS) is 15.7. The summed E-state index contributed by atoms with van der Waals surface area (Å²) in [5.41, 5.74) is -2.92. The van der Waals surface area contributed by atoms with Crippen molar-refractivity contribution in [1.82, 2.24) is 19.7 Å². The molecule has 10 heteroatoms. The van der Waals surface area contributed by atoms with Crippen molar-refractivity contribution in [2.45, 2.75) is 24.9 Å². The second kappa shape index (κ2) is 7.68. The molecule has 0 fully saturated rings. The van der Waals surface area contributed by atoms with Crippen LogP contribution in [0, 0.1) is 0 Å². The molecule has 1 atom stereocenters. The third-order valence-corrected chi connectivity index (χ3v) is 5.29. The van der Waals surface area contributed by atoms with Gasteiger partial charge in [-0.2, -0.15) is 8.78 Å². The van der Waals surface area contributed by atoms with Gasteiger partial charge in [-0.05, 0) is 30.2 Å². The highest BCUT2D eigenvalue weighted by Crippen LogP contribution is 2.47. The van der Waals surface area contributed by atoms with E-state index < -0.39 is 17.4 Å². The van der Waals surface area contributed by atoms with E-state index in [2.05, 4.69) is 15.2 Å². The first-order valence-corrected chi connectivity index (χ1v) is 9.60. The highest BCUT2D eigenvalue weighted by Gasteiger charge is 2.56. The van der Waals surface area contributed by atoms with Crippen LogP contribution < -0.4 is 9.64 Å². The van der Waals surface area contributed by atoms with Gasteiger partial charge < -0.3 is 9.30 Å². The van der Waals surface area contributed by atoms with Crippen molar-refractivity contribution in [3.05, 3.63) is 65.9 Å². The molecular formula is C21H20F3N5O2. The summed E-state index contributed by atoms with van der Waals surface area (Å²) < 4.78 is 51.9. The molecule has 1 aliphatic rings. The van der Waals surface area contributed by atoms with Crippen molar-refractivity contribution in [1.29, 1.82) is 0 Å². The topological polar surface area (TPSA) is 73.1 Å². The first-order chi connectivity index (χ1) is 14.7. The number of hydrogen-bond acceptors (Lipinski definition) is 5. The zero-order valence-electron chi connectivity index (χ0n) is 16.9. The minimum Gasteiger partial charge on any atom is -0.488 e. The van der Waals surface area contributed by atoms with E-state index in [1.807, 2.05) is 0 Å². The molecule has 0 N–H and O–H groups in total. The molecule has 2 aromatic heterocycles. The van der Waals surface area contributed by atoms with E-state index in [1.165, 1.54) is 30.1 Å². The van der Waals surface area contributed by atoms with Gasteiger partial charge in [-0.25, -0.2) is 9.37 Å². The summed E-state index contributed by atoms with van der Waals surface area (Å²) in [5.74, 6) is -4.11. The molecule has 0 saturated heterocycles. The second-order valence-electron chi connectivity index (χ2n) is 7.44. The Balaban J connectivity index is 1.59. The fourth-order valence-electron chi connectivity index (χ4n) is 3.50. The van der Waals surface area contributed by atoms with Crippen LogP contribution in [0.3, 0.4) is 0 Å². The largest absolute Gasteiger partial charge is 0.488 e. The summed E-state index contributed by atoms with van der Waals surface area (Å²) in [6.45, 7) is 1.43. The molecular weight excluding hydrogens is 411 g/mol. The van der Waals surface area contributed by atoms with Crippen molar-refractivity contribution >= 4 is 11.7 Å². The summed E-state index contributed by atoms with van der Waals surface area (Å²) in [6, 6.07) is 9.01. The van der Waals surface area contributed by atoms with E-state index in [1.54, 1.807) is 24.4 Å². The molecule has 3 heterocycles. The fourth-order valence-corrected chi connectivity index (χ4v) is 3.50. The molecule has 0 saturated carbocycles. The molecule has 3 aromatic rings. The summed E-state index contributed by atoms with van der Waals surface area (Å²) in [5, 5.41) is 6.80. The standard InChI is InChI=1S/C21H20F3N5O2/c1-20(22,21(23,24)19-27-26-13-28(19)2)15-6-3-5-14(11-15)12-17(30)29-9-10-31-16-7-4-8-25-18(16)29/h3-8,11,13H,9-10,12H2,1-2H3/t20-/m1/s1. The number of pyridine rings is 1. The van der Waals surface area contributed by atoms with Gasteiger partial charge in [0.2, 0.25) is 17.4 Å². The number of carbonyl (C=O) groups excluding carboxylic acids is 1. The number of hydrogen-bond donors (Lipinski definition) is 0. The Hall–Kier alpha value is -3.43. The summed E-state index contributed by atoms with van der Waals surface area (Å²) >= 11 is 0. The van der Waals surface area contributed by atoms with Gasteiger partial charge in [-0.15, -0.1) is 10.2 Å². The minimum absolute atomic E-state index is 0.102. The zero-order chi connectivity index (χ0) is 22.2. The van der Waals surface area contributed by atoms with Gasteiger partial charge in [-0.1, -0.05) is 24.3 Å². The predicted octanol–water partition coefficient (Wildman–Crippen LogP) is 3.15. The van der Waals surface area contributed by atoms with Crippen LogP contribution in [0.5, 0.6) is 5.75 Å². The Labute approximate surface area is 176 Å². The maximum atomic E-state index is 15.5. The van der Waals surface area contributed by atoms with Crippen LogP contribution in [-0.2, 0) is 29.9 Å². The van der Waals surface area contributed by atoms with Gasteiger partial charge in [0, 0.05) is 13.2 Å². The Bertz CT molecular complexity index is 1120. The quantitative estimate of drug-likeness (QED) is 0.621. The van der Waals surface area contributed by atoms with Crippen LogP contribution in [0.2, 0.25) is 0 Å². The number of aryl methyl sites for hydroxylation is 1. The Morgan fingerprint density at radius 3 is 2.77 bits per heavy atom. The average molecular weight is 431 g/mol. The maximum Gasteiger partial charge on any atom is 0.343 e. The van der Waals surface area contributed by atoms with Gasteiger partial charge in [0.25, 0.3) is 0 Å². The molecule has 162 valence electrons. The number of amides is 1. The van der Waals surface area contributed by atoms with E-state index in [-0.39, 0.29) is 17.9 Å². The molecule has 0 radical (unpaired) electrons. The van der Waals surface area contributed by atoms with Gasteiger partial charge in [-0.3, -0.25) is 9.69 Å². The summed E-state index contributed by atoms with van der Waals surface area (Å²) in [6.07, 6.45) is 2.54. The predicted molar refractivity (Wildman–Crippen MR) is 106 cm³/mol. The van der Waals surface area contributed by atoms with E-state index >= 15 is 4.39 Å². The molecule has 0 aliphatic carbocycles. The molecule has 0 spiro atoms. The number of ether oxygens (including phenoxy) is 1. The van der Waals surface area contributed by atoms with Crippen molar-refractivity contribution in [2.75, 3.05) is 18.1 Å². The number of nitrogens with zero attached hydrogens (tertiary/aromatic N) is 5. The lowest BCUT2D eigenvalue weighted by Crippen LogP contribution is -2.40. The SMILES string of the molecule is Cn1cnnc1C(F)(F)[C@](C)(F)c1cccc(CC(=O)N2CCOc3cccnc32)c1. The first-order valence-electron chi connectivity index (χ1n) is 9.60. The maximum absolute atomic E-state index is 15.5. The van der Waals surface area contributed by atoms with E-state index in [9.17, 15) is 13.6 Å². The number of fused-ring (bicyclic) bond motifs is 1. The Kier molecular flexibility index (Phi) is 5.16. The number of halogens is 3. The molecule has 1 aliphatic heterocycles. The molecule has 7 nitrogen and oxygen atoms in total. The van der Waals surface area contributed by atoms with Crippen LogP contribution in [0.25, 0.3) is 0 Å². The van der Waals surface area contributed by atoms with Crippen molar-refractivity contribution < 1.29 is 22.7 Å². The summed E-state index contributed by atoms with van der Waals surface area (Å²) in [7, 11) is 1.32. The highest BCUT2D eigenvalue weighted by atomic mass is 19.3. The zero-order valence-corrected chi connectivity index (χ0v) is 16.9. The van der Waals surface area contributed by atoms with Crippen LogP contribution in [0.15, 0.2) is 48.9 Å². The lowest BCUT2D eigenvalue weighted by Gasteiger charge is -2.30. The number of anilines is 1. The van der Waals surface area contributed by atoms with E-state index in [0.717, 1.165) is 17.8 Å². The molecule has 0 unspecified atom stereocenters. The van der Waals surface area contributed by atoms with Crippen molar-refractivity contribution in [2.24, 2.45) is 7.05 Å². The highest BCUT2D eigenvalue weighted by molar-refractivity contribution is 5.95. The molecule has 31 heavy (non-hydrogen) atoms. The smallest absolute Gasteiger partial charge is 0.343 e. The van der Waals surface area contributed by atoms with Crippen molar-refractivity contribution in [3.8, 4) is 5.75 Å². The summed E-state index contributed by atoms with van der Waals surface area (Å²) in [4.78, 5) is 18.6. The first kappa shape index (κ1) is 20.8. The number of carbonyl (C=O) groups is 1. The molecule has 4 rings (SSSR count). The van der Waals surface area contributed by atoms with Crippen molar-refractivity contribution in [3.63, 3.8) is 0 Å². The fraction of sp³-hybridized carbons (Fsp3) is 0.333. The van der Waals surface area contributed by atoms with Crippen LogP contribution in [-0.4, -0.2) is 38.8 Å². The van der Waals surface area contributed by atoms with Crippen LogP contribution >= 0.6 is 0 Å². The molecule has 0 bridgehead atoms. The van der Waals surface area contributed by atoms with Gasteiger partial charge in [0.1, 0.15) is 12.9 Å². The number of benzene rings is 1. The molecule has 1 aromatic carbocycles. The lowest BCUT2D eigenvalue weighted by molar-refractivity contribution is -0.149. The monoisotopic (exact) mass is 431 g/mol. The Morgan fingerprint density at radius 2 is 2.03 bits per heavy atom. The Morgan fingerprint density at radius 1 is 1.23 bits per heavy atom. The van der Waals surface area contributed by atoms with E-state index in [4.69, 9.17) is 4.74 Å². The van der Waals surface area contributed by atoms with E-state index in [0.29, 0.717) is 30.3 Å². The lowest BCUT2D eigenvalue weighted by atomic mass is 9.89. The second-order valence-corrected chi connectivity index (χ2v) is 7.44. The number of aromatic nitrogens is 4. The van der Waals surface area contributed by atoms with Gasteiger partial charge in [0.05, 0.1) is 13.0 Å². The van der Waals surface area contributed by atoms with Gasteiger partial charge in [0.15, 0.2) is 11.6 Å². The third kappa shape index (κ3) is 3.62. The minimum atomic E-state index is -3.94. The van der Waals surface area contributed by atoms with Crippen LogP contribution in [0.1, 0.15) is 23.9 Å². The number of alkyl halides is 3. The van der Waals surface area contributed by atoms with Gasteiger partial charge >= 0.3 is 5.92 Å². The average Bonchev–Trinajstić information content (AvgIpc) is 3.20.